The molecule has 104 valence electrons. The molecule has 0 spiro atoms. The molecule has 3 heterocycles. The molecule has 3 rings (SSSR count). The van der Waals surface area contributed by atoms with E-state index in [4.69, 9.17) is 9.47 Å². The van der Waals surface area contributed by atoms with Crippen molar-refractivity contribution in [3.05, 3.63) is 48.4 Å². The van der Waals surface area contributed by atoms with Crippen LogP contribution in [0.4, 0.5) is 0 Å². The lowest BCUT2D eigenvalue weighted by molar-refractivity contribution is -0.104. The lowest BCUT2D eigenvalue weighted by atomic mass is 9.89. The van der Waals surface area contributed by atoms with Gasteiger partial charge in [0, 0.05) is 24.7 Å². The predicted molar refractivity (Wildman–Crippen MR) is 72.6 cm³/mol. The highest BCUT2D eigenvalue weighted by Crippen LogP contribution is 2.41. The van der Waals surface area contributed by atoms with Gasteiger partial charge in [-0.3, -0.25) is 4.98 Å². The van der Waals surface area contributed by atoms with Crippen LogP contribution in [0, 0.1) is 0 Å². The highest BCUT2D eigenvalue weighted by atomic mass is 16.5. The maximum atomic E-state index is 10.5. The van der Waals surface area contributed by atoms with E-state index in [0.717, 1.165) is 5.56 Å². The van der Waals surface area contributed by atoms with E-state index < -0.39 is 17.8 Å². The molecular weight excluding hydrogens is 256 g/mol. The fourth-order valence-electron chi connectivity index (χ4n) is 2.25. The second-order valence-electron chi connectivity index (χ2n) is 5.27. The zero-order valence-corrected chi connectivity index (χ0v) is 11.4. The SMILES string of the molecule is CC1(C)Oc2ccncc2[C@H](Oc2ccccn2)[C@H]1O. The molecule has 1 N–H and O–H groups in total. The molecule has 0 aliphatic carbocycles. The molecule has 1 aliphatic rings. The average molecular weight is 272 g/mol. The summed E-state index contributed by atoms with van der Waals surface area (Å²) in [6, 6.07) is 7.18. The molecule has 0 aromatic carbocycles. The molecular formula is C15H16N2O3. The van der Waals surface area contributed by atoms with Gasteiger partial charge < -0.3 is 14.6 Å². The smallest absolute Gasteiger partial charge is 0.213 e. The van der Waals surface area contributed by atoms with Crippen molar-refractivity contribution in [1.29, 1.82) is 0 Å². The molecule has 0 unspecified atom stereocenters. The Balaban J connectivity index is 1.99. The van der Waals surface area contributed by atoms with Gasteiger partial charge in [0.1, 0.15) is 17.5 Å². The number of fused-ring (bicyclic) bond motifs is 1. The van der Waals surface area contributed by atoms with E-state index in [1.165, 1.54) is 0 Å². The zero-order valence-electron chi connectivity index (χ0n) is 11.4. The first-order chi connectivity index (χ1) is 9.58. The number of hydrogen-bond acceptors (Lipinski definition) is 5. The lowest BCUT2D eigenvalue weighted by Crippen LogP contribution is -2.50. The second kappa shape index (κ2) is 4.76. The molecule has 2 aromatic heterocycles. The summed E-state index contributed by atoms with van der Waals surface area (Å²) in [6.45, 7) is 3.66. The van der Waals surface area contributed by atoms with Crippen LogP contribution in [0.1, 0.15) is 25.5 Å². The molecule has 2 atom stereocenters. The molecule has 5 heteroatoms. The number of nitrogens with zero attached hydrogens (tertiary/aromatic N) is 2. The maximum absolute atomic E-state index is 10.5. The molecule has 20 heavy (non-hydrogen) atoms. The standard InChI is InChI=1S/C15H16N2O3/c1-15(2)14(18)13(19-12-5-3-4-7-17-12)10-9-16-8-6-11(10)20-15/h3-9,13-14,18H,1-2H3/t13-,14+/m0/s1. The predicted octanol–water partition coefficient (Wildman–Crippen LogP) is 2.13. The minimum absolute atomic E-state index is 0.462. The van der Waals surface area contributed by atoms with Crippen LogP contribution in [-0.4, -0.2) is 26.8 Å². The lowest BCUT2D eigenvalue weighted by Gasteiger charge is -2.41. The summed E-state index contributed by atoms with van der Waals surface area (Å²) < 4.78 is 11.7. The Morgan fingerprint density at radius 3 is 2.85 bits per heavy atom. The topological polar surface area (TPSA) is 64.5 Å². The molecule has 1 aliphatic heterocycles. The van der Waals surface area contributed by atoms with Crippen molar-refractivity contribution in [2.75, 3.05) is 0 Å². The van der Waals surface area contributed by atoms with Gasteiger partial charge in [0.25, 0.3) is 0 Å². The van der Waals surface area contributed by atoms with Crippen LogP contribution in [0.2, 0.25) is 0 Å². The van der Waals surface area contributed by atoms with E-state index in [-0.39, 0.29) is 0 Å². The van der Waals surface area contributed by atoms with Crippen LogP contribution in [-0.2, 0) is 0 Å². The summed E-state index contributed by atoms with van der Waals surface area (Å²) in [5.41, 5.74) is -0.0154. The fourth-order valence-corrected chi connectivity index (χ4v) is 2.25. The first kappa shape index (κ1) is 12.9. The van der Waals surface area contributed by atoms with Crippen LogP contribution in [0.25, 0.3) is 0 Å². The zero-order chi connectivity index (χ0) is 14.2. The van der Waals surface area contributed by atoms with Gasteiger partial charge in [0.15, 0.2) is 6.10 Å². The quantitative estimate of drug-likeness (QED) is 0.907. The summed E-state index contributed by atoms with van der Waals surface area (Å²) in [6.07, 6.45) is 3.58. The second-order valence-corrected chi connectivity index (χ2v) is 5.27. The van der Waals surface area contributed by atoms with Crippen LogP contribution >= 0.6 is 0 Å². The summed E-state index contributed by atoms with van der Waals surface area (Å²) in [7, 11) is 0. The van der Waals surface area contributed by atoms with E-state index in [2.05, 4.69) is 9.97 Å². The number of ether oxygens (including phenoxy) is 2. The average Bonchev–Trinajstić information content (AvgIpc) is 2.44. The van der Waals surface area contributed by atoms with Gasteiger partial charge in [-0.2, -0.15) is 0 Å². The third-order valence-electron chi connectivity index (χ3n) is 3.37. The van der Waals surface area contributed by atoms with Crippen molar-refractivity contribution < 1.29 is 14.6 Å². The van der Waals surface area contributed by atoms with E-state index in [1.54, 1.807) is 30.7 Å². The molecule has 0 bridgehead atoms. The molecule has 0 saturated heterocycles. The summed E-state index contributed by atoms with van der Waals surface area (Å²) in [5.74, 6) is 1.14. The van der Waals surface area contributed by atoms with Crippen LogP contribution in [0.3, 0.4) is 0 Å². The number of rotatable bonds is 2. The van der Waals surface area contributed by atoms with Gasteiger partial charge in [-0.05, 0) is 26.0 Å². The van der Waals surface area contributed by atoms with Gasteiger partial charge in [0.05, 0.1) is 5.56 Å². The summed E-state index contributed by atoms with van der Waals surface area (Å²) in [4.78, 5) is 8.21. The molecule has 0 saturated carbocycles. The third-order valence-corrected chi connectivity index (χ3v) is 3.37. The van der Waals surface area contributed by atoms with Gasteiger partial charge >= 0.3 is 0 Å². The minimum Gasteiger partial charge on any atom is -0.484 e. The Morgan fingerprint density at radius 2 is 2.10 bits per heavy atom. The summed E-state index contributed by atoms with van der Waals surface area (Å²) >= 11 is 0. The number of aliphatic hydroxyl groups excluding tert-OH is 1. The van der Waals surface area contributed by atoms with Crippen molar-refractivity contribution in [2.24, 2.45) is 0 Å². The Morgan fingerprint density at radius 1 is 1.25 bits per heavy atom. The van der Waals surface area contributed by atoms with Crippen LogP contribution < -0.4 is 9.47 Å². The fraction of sp³-hybridized carbons (Fsp3) is 0.333. The highest BCUT2D eigenvalue weighted by Gasteiger charge is 2.44. The normalized spacial score (nSPS) is 23.6. The van der Waals surface area contributed by atoms with Gasteiger partial charge in [-0.15, -0.1) is 0 Å². The largest absolute Gasteiger partial charge is 0.484 e. The maximum Gasteiger partial charge on any atom is 0.213 e. The third kappa shape index (κ3) is 2.20. The number of pyridine rings is 2. The van der Waals surface area contributed by atoms with Gasteiger partial charge in [-0.1, -0.05) is 6.07 Å². The van der Waals surface area contributed by atoms with Crippen LogP contribution in [0.15, 0.2) is 42.9 Å². The van der Waals surface area contributed by atoms with Crippen LogP contribution in [0.5, 0.6) is 11.6 Å². The molecule has 0 radical (unpaired) electrons. The van der Waals surface area contributed by atoms with Crippen molar-refractivity contribution >= 4 is 0 Å². The Bertz CT molecular complexity index is 601. The highest BCUT2D eigenvalue weighted by molar-refractivity contribution is 5.37. The van der Waals surface area contributed by atoms with Gasteiger partial charge in [0.2, 0.25) is 5.88 Å². The van der Waals surface area contributed by atoms with E-state index >= 15 is 0 Å². The number of aliphatic hydroxyl groups is 1. The Kier molecular flexibility index (Phi) is 3.06. The number of hydrogen-bond donors (Lipinski definition) is 1. The first-order valence-corrected chi connectivity index (χ1v) is 6.46. The summed E-state index contributed by atoms with van der Waals surface area (Å²) in [5, 5.41) is 10.5. The Hall–Kier alpha value is -2.14. The number of aromatic nitrogens is 2. The first-order valence-electron chi connectivity index (χ1n) is 6.46. The van der Waals surface area contributed by atoms with Gasteiger partial charge in [-0.25, -0.2) is 4.98 Å². The van der Waals surface area contributed by atoms with Crippen molar-refractivity contribution in [3.63, 3.8) is 0 Å². The van der Waals surface area contributed by atoms with Crippen molar-refractivity contribution in [3.8, 4) is 11.6 Å². The van der Waals surface area contributed by atoms with E-state index in [0.29, 0.717) is 11.6 Å². The molecule has 0 amide bonds. The Labute approximate surface area is 117 Å². The van der Waals surface area contributed by atoms with E-state index in [1.807, 2.05) is 26.0 Å². The molecule has 2 aromatic rings. The monoisotopic (exact) mass is 272 g/mol. The molecule has 5 nitrogen and oxygen atoms in total. The van der Waals surface area contributed by atoms with E-state index in [9.17, 15) is 5.11 Å². The van der Waals surface area contributed by atoms with Crippen molar-refractivity contribution in [2.45, 2.75) is 31.7 Å². The molecule has 0 fully saturated rings. The minimum atomic E-state index is -0.818. The van der Waals surface area contributed by atoms with Crippen molar-refractivity contribution in [1.82, 2.24) is 9.97 Å².